The van der Waals surface area contributed by atoms with Crippen molar-refractivity contribution in [2.45, 2.75) is 58.8 Å². The molecule has 15 nitrogen and oxygen atoms in total. The Labute approximate surface area is 233 Å². The van der Waals surface area contributed by atoms with Crippen molar-refractivity contribution in [3.05, 3.63) is 10.4 Å². The van der Waals surface area contributed by atoms with Crippen LogP contribution < -0.4 is 21.7 Å². The van der Waals surface area contributed by atoms with Crippen molar-refractivity contribution in [1.82, 2.24) is 16.0 Å². The van der Waals surface area contributed by atoms with Gasteiger partial charge in [-0.1, -0.05) is 19.0 Å². The number of hydrogen-bond donors (Lipinski definition) is 4. The van der Waals surface area contributed by atoms with Gasteiger partial charge >= 0.3 is 11.9 Å². The van der Waals surface area contributed by atoms with Crippen molar-refractivity contribution in [2.24, 2.45) is 34.5 Å². The number of cyclic esters (lactones) is 2. The number of rotatable bonds is 21. The Bertz CT molecular complexity index is 938. The van der Waals surface area contributed by atoms with Crippen LogP contribution in [0, 0.1) is 23.7 Å². The highest BCUT2D eigenvalue weighted by Gasteiger charge is 2.33. The van der Waals surface area contributed by atoms with Crippen molar-refractivity contribution < 1.29 is 38.2 Å². The second-order valence-corrected chi connectivity index (χ2v) is 9.73. The molecule has 1 fully saturated rings. The second-order valence-electron chi connectivity index (χ2n) is 9.73. The van der Waals surface area contributed by atoms with Gasteiger partial charge in [-0.2, -0.15) is 0 Å². The van der Waals surface area contributed by atoms with Gasteiger partial charge in [-0.25, -0.2) is 0 Å². The van der Waals surface area contributed by atoms with Crippen LogP contribution in [-0.2, 0) is 38.2 Å². The molecule has 4 amide bonds. The Morgan fingerprint density at radius 1 is 1.05 bits per heavy atom. The number of carbonyl (C=O) groups is 6. The van der Waals surface area contributed by atoms with E-state index in [1.807, 2.05) is 6.92 Å². The first-order chi connectivity index (χ1) is 19.1. The van der Waals surface area contributed by atoms with E-state index in [1.165, 1.54) is 0 Å². The van der Waals surface area contributed by atoms with Crippen molar-refractivity contribution in [2.75, 3.05) is 39.4 Å². The monoisotopic (exact) mass is 567 g/mol. The molecule has 224 valence electrons. The predicted molar refractivity (Wildman–Crippen MR) is 142 cm³/mol. The quantitative estimate of drug-likeness (QED) is 0.0379. The summed E-state index contributed by atoms with van der Waals surface area (Å²) in [6.07, 6.45) is 2.99. The zero-order valence-corrected chi connectivity index (χ0v) is 23.2. The second kappa shape index (κ2) is 19.4. The molecule has 4 atom stereocenters. The topological polar surface area (TPSA) is 232 Å². The first-order valence-corrected chi connectivity index (χ1v) is 13.5. The number of primary amides is 1. The summed E-state index contributed by atoms with van der Waals surface area (Å²) in [7, 11) is 0. The van der Waals surface area contributed by atoms with Crippen molar-refractivity contribution in [3.8, 4) is 0 Å². The van der Waals surface area contributed by atoms with Crippen LogP contribution in [0.1, 0.15) is 58.8 Å². The molecule has 0 aliphatic carbocycles. The summed E-state index contributed by atoms with van der Waals surface area (Å²) in [4.78, 5) is 73.8. The third-order valence-electron chi connectivity index (χ3n) is 6.51. The smallest absolute Gasteiger partial charge is 0.319 e. The van der Waals surface area contributed by atoms with Crippen molar-refractivity contribution in [3.63, 3.8) is 0 Å². The molecule has 5 N–H and O–H groups in total. The number of nitrogens with one attached hydrogen (secondary N) is 3. The number of hydrogen-bond acceptors (Lipinski definition) is 9. The Morgan fingerprint density at radius 2 is 1.70 bits per heavy atom. The first-order valence-electron chi connectivity index (χ1n) is 13.5. The maximum absolute atomic E-state index is 13.0. The SMILES string of the molecule is CCC(CC(CC(C)C(N)=O)C(=O)NCCCCCNC(=O)CN=[N+]=[N-])C(=O)NCCOCC1CC(=O)OC1=O. The minimum Gasteiger partial charge on any atom is -0.393 e. The van der Waals surface area contributed by atoms with E-state index in [-0.39, 0.29) is 63.3 Å². The van der Waals surface area contributed by atoms with E-state index in [4.69, 9.17) is 16.0 Å². The largest absolute Gasteiger partial charge is 0.393 e. The van der Waals surface area contributed by atoms with E-state index in [2.05, 4.69) is 30.7 Å². The molecule has 1 saturated heterocycles. The summed E-state index contributed by atoms with van der Waals surface area (Å²) in [6.45, 7) is 4.41. The van der Waals surface area contributed by atoms with E-state index >= 15 is 0 Å². The van der Waals surface area contributed by atoms with Crippen LogP contribution >= 0.6 is 0 Å². The van der Waals surface area contributed by atoms with E-state index in [0.717, 1.165) is 6.42 Å². The van der Waals surface area contributed by atoms with E-state index in [1.54, 1.807) is 6.92 Å². The Hall–Kier alpha value is -3.71. The zero-order valence-electron chi connectivity index (χ0n) is 23.2. The van der Waals surface area contributed by atoms with Crippen LogP contribution in [0.25, 0.3) is 10.4 Å². The molecule has 0 saturated carbocycles. The Morgan fingerprint density at radius 3 is 2.30 bits per heavy atom. The summed E-state index contributed by atoms with van der Waals surface area (Å²) < 4.78 is 9.85. The fraction of sp³-hybridized carbons (Fsp3) is 0.760. The Kier molecular flexibility index (Phi) is 16.6. The molecule has 1 aliphatic heterocycles. The number of nitrogens with zero attached hydrogens (tertiary/aromatic N) is 3. The minimum absolute atomic E-state index is 0.0192. The normalized spacial score (nSPS) is 16.7. The zero-order chi connectivity index (χ0) is 29.9. The highest BCUT2D eigenvalue weighted by Crippen LogP contribution is 2.23. The number of esters is 2. The molecular weight excluding hydrogens is 526 g/mol. The molecule has 0 aromatic rings. The first kappa shape index (κ1) is 34.3. The summed E-state index contributed by atoms with van der Waals surface area (Å²) in [5, 5.41) is 11.5. The van der Waals surface area contributed by atoms with Gasteiger partial charge in [0.2, 0.25) is 23.6 Å². The lowest BCUT2D eigenvalue weighted by atomic mass is 9.85. The number of ether oxygens (including phenoxy) is 2. The van der Waals surface area contributed by atoms with Gasteiger partial charge in [-0.3, -0.25) is 28.8 Å². The average molecular weight is 568 g/mol. The third-order valence-corrected chi connectivity index (χ3v) is 6.51. The van der Waals surface area contributed by atoms with Crippen LogP contribution in [0.4, 0.5) is 0 Å². The summed E-state index contributed by atoms with van der Waals surface area (Å²) in [5.74, 6) is -4.84. The number of carbonyl (C=O) groups excluding carboxylic acids is 6. The summed E-state index contributed by atoms with van der Waals surface area (Å²) in [5.41, 5.74) is 13.6. The molecule has 0 bridgehead atoms. The van der Waals surface area contributed by atoms with Crippen LogP contribution in [-0.4, -0.2) is 75.0 Å². The molecule has 0 aromatic carbocycles. The molecule has 15 heteroatoms. The van der Waals surface area contributed by atoms with Crippen LogP contribution in [0.5, 0.6) is 0 Å². The van der Waals surface area contributed by atoms with E-state index in [9.17, 15) is 28.8 Å². The lowest BCUT2D eigenvalue weighted by Crippen LogP contribution is -2.39. The van der Waals surface area contributed by atoms with Gasteiger partial charge in [0, 0.05) is 42.3 Å². The molecule has 1 heterocycles. The van der Waals surface area contributed by atoms with Gasteiger partial charge in [-0.05, 0) is 44.1 Å². The molecule has 0 radical (unpaired) electrons. The van der Waals surface area contributed by atoms with Gasteiger partial charge in [0.1, 0.15) is 6.54 Å². The number of amides is 4. The standard InChI is InChI=1S/C25H41N7O8/c1-3-17(23(36)30-9-10-39-15-19-13-21(34)40-25(19)38)12-18(11-16(2)22(26)35)24(37)29-8-6-4-5-7-28-20(33)14-31-32-27/h16-19H,3-15H2,1-2H3,(H2,26,35)(H,28,33)(H,29,37)(H,30,36). The fourth-order valence-electron chi connectivity index (χ4n) is 4.08. The van der Waals surface area contributed by atoms with Gasteiger partial charge in [-0.15, -0.1) is 0 Å². The molecule has 0 aromatic heterocycles. The van der Waals surface area contributed by atoms with Crippen LogP contribution in [0.2, 0.25) is 0 Å². The van der Waals surface area contributed by atoms with Crippen LogP contribution in [0.3, 0.4) is 0 Å². The number of azide groups is 1. The third kappa shape index (κ3) is 13.9. The van der Waals surface area contributed by atoms with Crippen LogP contribution in [0.15, 0.2) is 5.11 Å². The number of unbranched alkanes of at least 4 members (excludes halogenated alkanes) is 2. The lowest BCUT2D eigenvalue weighted by Gasteiger charge is -2.23. The highest BCUT2D eigenvalue weighted by atomic mass is 16.6. The minimum atomic E-state index is -0.630. The average Bonchev–Trinajstić information content (AvgIpc) is 3.24. The molecule has 0 spiro atoms. The van der Waals surface area contributed by atoms with Gasteiger partial charge < -0.3 is 31.2 Å². The highest BCUT2D eigenvalue weighted by molar-refractivity contribution is 5.94. The molecule has 4 unspecified atom stereocenters. The van der Waals surface area contributed by atoms with Gasteiger partial charge in [0.25, 0.3) is 0 Å². The van der Waals surface area contributed by atoms with E-state index in [0.29, 0.717) is 32.4 Å². The van der Waals surface area contributed by atoms with Gasteiger partial charge in [0.15, 0.2) is 0 Å². The Balaban J connectivity index is 2.46. The van der Waals surface area contributed by atoms with Crippen molar-refractivity contribution >= 4 is 35.6 Å². The molecule has 40 heavy (non-hydrogen) atoms. The molecule has 1 aliphatic rings. The summed E-state index contributed by atoms with van der Waals surface area (Å²) >= 11 is 0. The fourth-order valence-corrected chi connectivity index (χ4v) is 4.08. The predicted octanol–water partition coefficient (Wildman–Crippen LogP) is 0.466. The van der Waals surface area contributed by atoms with E-state index < -0.39 is 41.5 Å². The van der Waals surface area contributed by atoms with Crippen molar-refractivity contribution in [1.29, 1.82) is 0 Å². The maximum atomic E-state index is 13.0. The maximum Gasteiger partial charge on any atom is 0.319 e. The lowest BCUT2D eigenvalue weighted by molar-refractivity contribution is -0.153. The summed E-state index contributed by atoms with van der Waals surface area (Å²) in [6, 6.07) is 0. The van der Waals surface area contributed by atoms with Gasteiger partial charge in [0.05, 0.1) is 25.6 Å². The number of nitrogens with two attached hydrogens (primary N) is 1. The molecule has 1 rings (SSSR count). The molecular formula is C25H41N7O8.